The zero-order valence-corrected chi connectivity index (χ0v) is 9.88. The number of benzene rings is 1. The fourth-order valence-corrected chi connectivity index (χ4v) is 4.56. The largest absolute Gasteiger partial charge is 0.272 e. The first-order chi connectivity index (χ1) is 7.60. The molecule has 2 heterocycles. The van der Waals surface area contributed by atoms with Crippen molar-refractivity contribution in [2.75, 3.05) is 5.75 Å². The van der Waals surface area contributed by atoms with Gasteiger partial charge in [-0.3, -0.25) is 0 Å². The van der Waals surface area contributed by atoms with E-state index in [0.29, 0.717) is 22.3 Å². The summed E-state index contributed by atoms with van der Waals surface area (Å²) in [6, 6.07) is 6.76. The van der Waals surface area contributed by atoms with Gasteiger partial charge in [0.05, 0.1) is 5.69 Å². The molecule has 4 nitrogen and oxygen atoms in total. The molecule has 0 atom stereocenters. The van der Waals surface area contributed by atoms with Crippen LogP contribution >= 0.6 is 11.8 Å². The summed E-state index contributed by atoms with van der Waals surface area (Å²) in [7, 11) is -3.49. The highest BCUT2D eigenvalue weighted by Gasteiger charge is 2.39. The van der Waals surface area contributed by atoms with E-state index < -0.39 is 10.0 Å². The van der Waals surface area contributed by atoms with Gasteiger partial charge in [0.15, 0.2) is 5.17 Å². The van der Waals surface area contributed by atoms with Crippen LogP contribution in [0.3, 0.4) is 0 Å². The van der Waals surface area contributed by atoms with Gasteiger partial charge in [0, 0.05) is 11.4 Å². The van der Waals surface area contributed by atoms with E-state index in [1.807, 2.05) is 0 Å². The van der Waals surface area contributed by atoms with E-state index in [4.69, 9.17) is 0 Å². The molecule has 1 saturated heterocycles. The van der Waals surface area contributed by atoms with Crippen LogP contribution in [0.15, 0.2) is 46.4 Å². The first kappa shape index (κ1) is 9.92. The van der Waals surface area contributed by atoms with Crippen molar-refractivity contribution in [3.63, 3.8) is 0 Å². The average molecular weight is 252 g/mol. The lowest BCUT2D eigenvalue weighted by atomic mass is 10.3. The predicted octanol–water partition coefficient (Wildman–Crippen LogP) is 1.94. The maximum Gasteiger partial charge on any atom is 0.272 e. The van der Waals surface area contributed by atoms with Crippen LogP contribution in [-0.4, -0.2) is 23.6 Å². The highest BCUT2D eigenvalue weighted by atomic mass is 32.2. The molecular formula is C10H8N2O2S2. The zero-order valence-electron chi connectivity index (χ0n) is 8.25. The highest BCUT2D eigenvalue weighted by Crippen LogP contribution is 2.40. The second kappa shape index (κ2) is 3.11. The lowest BCUT2D eigenvalue weighted by Gasteiger charge is -2.23. The molecule has 1 aromatic carbocycles. The number of para-hydroxylation sites is 1. The molecule has 0 bridgehead atoms. The third-order valence-corrected chi connectivity index (χ3v) is 5.37. The zero-order chi connectivity index (χ0) is 11.3. The van der Waals surface area contributed by atoms with Crippen molar-refractivity contribution >= 4 is 32.6 Å². The Morgan fingerprint density at radius 3 is 2.94 bits per heavy atom. The Hall–Kier alpha value is -1.27. The van der Waals surface area contributed by atoms with E-state index in [0.717, 1.165) is 0 Å². The monoisotopic (exact) mass is 252 g/mol. The summed E-state index contributed by atoms with van der Waals surface area (Å²) in [6.45, 7) is 3.75. The van der Waals surface area contributed by atoms with Crippen molar-refractivity contribution < 1.29 is 8.42 Å². The third kappa shape index (κ3) is 1.17. The van der Waals surface area contributed by atoms with E-state index in [-0.39, 0.29) is 4.90 Å². The Morgan fingerprint density at radius 1 is 1.38 bits per heavy atom. The number of amidine groups is 1. The van der Waals surface area contributed by atoms with Gasteiger partial charge in [-0.1, -0.05) is 30.5 Å². The molecule has 0 N–H and O–H groups in total. The maximum absolute atomic E-state index is 12.3. The van der Waals surface area contributed by atoms with Crippen LogP contribution in [0.25, 0.3) is 0 Å². The van der Waals surface area contributed by atoms with Gasteiger partial charge >= 0.3 is 0 Å². The van der Waals surface area contributed by atoms with Crippen LogP contribution < -0.4 is 0 Å². The topological polar surface area (TPSA) is 49.7 Å². The molecule has 2 aliphatic rings. The number of rotatable bonds is 0. The summed E-state index contributed by atoms with van der Waals surface area (Å²) in [5.41, 5.74) is 1.08. The summed E-state index contributed by atoms with van der Waals surface area (Å²) in [5.74, 6) is 0.575. The molecule has 3 rings (SSSR count). The van der Waals surface area contributed by atoms with E-state index >= 15 is 0 Å². The Labute approximate surface area is 97.7 Å². The number of nitrogens with zero attached hydrogens (tertiary/aromatic N) is 2. The third-order valence-electron chi connectivity index (χ3n) is 2.43. The van der Waals surface area contributed by atoms with E-state index in [1.165, 1.54) is 16.1 Å². The van der Waals surface area contributed by atoms with E-state index in [1.54, 1.807) is 24.3 Å². The van der Waals surface area contributed by atoms with E-state index in [2.05, 4.69) is 11.6 Å². The van der Waals surface area contributed by atoms with Gasteiger partial charge < -0.3 is 0 Å². The van der Waals surface area contributed by atoms with Gasteiger partial charge in [-0.25, -0.2) is 17.7 Å². The van der Waals surface area contributed by atoms with Gasteiger partial charge in [-0.05, 0) is 12.1 Å². The van der Waals surface area contributed by atoms with Crippen molar-refractivity contribution in [2.24, 2.45) is 4.99 Å². The molecule has 0 aliphatic carbocycles. The van der Waals surface area contributed by atoms with Crippen molar-refractivity contribution in [3.8, 4) is 0 Å². The van der Waals surface area contributed by atoms with Crippen LogP contribution in [0.4, 0.5) is 5.69 Å². The number of aliphatic imine (C=N–C) groups is 1. The van der Waals surface area contributed by atoms with Crippen LogP contribution in [0, 0.1) is 0 Å². The minimum absolute atomic E-state index is 0.252. The molecule has 0 aromatic heterocycles. The quantitative estimate of drug-likeness (QED) is 0.709. The molecule has 2 aliphatic heterocycles. The molecule has 1 fully saturated rings. The van der Waals surface area contributed by atoms with Gasteiger partial charge in [-0.15, -0.1) is 0 Å². The summed E-state index contributed by atoms with van der Waals surface area (Å²) in [6.07, 6.45) is 0. The summed E-state index contributed by atoms with van der Waals surface area (Å²) < 4.78 is 25.8. The fraction of sp³-hybridized carbons (Fsp3) is 0.100. The molecule has 0 saturated carbocycles. The van der Waals surface area contributed by atoms with Gasteiger partial charge in [0.1, 0.15) is 4.90 Å². The van der Waals surface area contributed by atoms with Gasteiger partial charge in [0.2, 0.25) is 0 Å². The fourth-order valence-electron chi connectivity index (χ4n) is 1.72. The van der Waals surface area contributed by atoms with Crippen molar-refractivity contribution in [1.29, 1.82) is 0 Å². The molecule has 1 aromatic rings. The van der Waals surface area contributed by atoms with E-state index in [9.17, 15) is 8.42 Å². The molecule has 0 spiro atoms. The molecule has 0 radical (unpaired) electrons. The summed E-state index contributed by atoms with van der Waals surface area (Å²) in [4.78, 5) is 4.57. The van der Waals surface area contributed by atoms with Gasteiger partial charge in [-0.2, -0.15) is 0 Å². The molecule has 6 heteroatoms. The Morgan fingerprint density at radius 2 is 2.12 bits per heavy atom. The first-order valence-electron chi connectivity index (χ1n) is 4.64. The second-order valence-electron chi connectivity index (χ2n) is 3.49. The van der Waals surface area contributed by atoms with Gasteiger partial charge in [0.25, 0.3) is 10.0 Å². The maximum atomic E-state index is 12.3. The lowest BCUT2D eigenvalue weighted by Crippen LogP contribution is -2.32. The van der Waals surface area contributed by atoms with Crippen molar-refractivity contribution in [1.82, 2.24) is 4.31 Å². The second-order valence-corrected chi connectivity index (χ2v) is 6.18. The predicted molar refractivity (Wildman–Crippen MR) is 64.2 cm³/mol. The van der Waals surface area contributed by atoms with Crippen LogP contribution in [-0.2, 0) is 10.0 Å². The minimum atomic E-state index is -3.49. The number of hydrogen-bond acceptors (Lipinski definition) is 4. The molecule has 0 amide bonds. The number of sulfonamides is 1. The van der Waals surface area contributed by atoms with Crippen LogP contribution in [0.1, 0.15) is 0 Å². The number of hydrogen-bond donors (Lipinski definition) is 0. The standard InChI is InChI=1S/C10H8N2O2S2/c1-7-6-15-10-11-8-4-2-3-5-9(8)16(13,14)12(7)10/h2-5H,1,6H2. The Balaban J connectivity index is 2.34. The van der Waals surface area contributed by atoms with Crippen LogP contribution in [0.5, 0.6) is 0 Å². The highest BCUT2D eigenvalue weighted by molar-refractivity contribution is 8.15. The molecule has 82 valence electrons. The van der Waals surface area contributed by atoms with Crippen molar-refractivity contribution in [3.05, 3.63) is 36.5 Å². The number of fused-ring (bicyclic) bond motifs is 2. The smallest absolute Gasteiger partial charge is 0.222 e. The number of thioether (sulfide) groups is 1. The first-order valence-corrected chi connectivity index (χ1v) is 7.07. The average Bonchev–Trinajstić information content (AvgIpc) is 2.61. The Kier molecular flexibility index (Phi) is 1.93. The lowest BCUT2D eigenvalue weighted by molar-refractivity contribution is 0.557. The molecule has 16 heavy (non-hydrogen) atoms. The van der Waals surface area contributed by atoms with Crippen LogP contribution in [0.2, 0.25) is 0 Å². The summed E-state index contributed by atoms with van der Waals surface area (Å²) in [5, 5.41) is 0.503. The summed E-state index contributed by atoms with van der Waals surface area (Å²) >= 11 is 1.40. The Bertz CT molecular complexity index is 619. The SMILES string of the molecule is C=C1CSC2=Nc3ccccc3S(=O)(=O)N12. The van der Waals surface area contributed by atoms with Crippen molar-refractivity contribution in [2.45, 2.75) is 4.90 Å². The minimum Gasteiger partial charge on any atom is -0.222 e. The molecular weight excluding hydrogens is 244 g/mol. The normalized spacial score (nSPS) is 21.4. The molecule has 0 unspecified atom stereocenters.